The van der Waals surface area contributed by atoms with E-state index in [1.807, 2.05) is 36.6 Å². The Labute approximate surface area is 138 Å². The zero-order chi connectivity index (χ0) is 15.9. The van der Waals surface area contributed by atoms with Gasteiger partial charge >= 0.3 is 0 Å². The number of hydrogen-bond acceptors (Lipinski definition) is 5. The van der Waals surface area contributed by atoms with Gasteiger partial charge in [0.1, 0.15) is 5.82 Å². The molecule has 0 aliphatic rings. The van der Waals surface area contributed by atoms with Crippen molar-refractivity contribution in [3.63, 3.8) is 0 Å². The lowest BCUT2D eigenvalue weighted by atomic mass is 10.2. The van der Waals surface area contributed by atoms with E-state index in [0.29, 0.717) is 23.4 Å². The first-order valence-electron chi connectivity index (χ1n) is 7.13. The molecule has 0 saturated carbocycles. The molecule has 2 N–H and O–H groups in total. The number of carbonyl (C=O) groups is 1. The summed E-state index contributed by atoms with van der Waals surface area (Å²) < 4.78 is 0. The van der Waals surface area contributed by atoms with Crippen molar-refractivity contribution in [3.8, 4) is 0 Å². The molecule has 0 aromatic carbocycles. The minimum Gasteiger partial charge on any atom is -0.355 e. The monoisotopic (exact) mass is 336 g/mol. The summed E-state index contributed by atoms with van der Waals surface area (Å²) >= 11 is 3.01. The van der Waals surface area contributed by atoms with Crippen LogP contribution in [0.5, 0.6) is 0 Å². The maximum atomic E-state index is 11.9. The molecule has 0 spiro atoms. The van der Waals surface area contributed by atoms with Gasteiger partial charge in [-0.2, -0.15) is 0 Å². The Kier molecular flexibility index (Phi) is 6.21. The Bertz CT molecular complexity index is 619. The van der Waals surface area contributed by atoms with Gasteiger partial charge in [0.25, 0.3) is 0 Å². The molecular weight excluding hydrogens is 316 g/mol. The molecule has 0 aliphatic heterocycles. The first-order chi connectivity index (χ1) is 10.5. The second-order valence-electron chi connectivity index (χ2n) is 5.25. The summed E-state index contributed by atoms with van der Waals surface area (Å²) in [5.41, 5.74) is 0. The average molecular weight is 336 g/mol. The topological polar surface area (TPSA) is 70.7 Å². The van der Waals surface area contributed by atoms with E-state index in [4.69, 9.17) is 0 Å². The number of carbonyl (C=O) groups excluding carboxylic acids is 1. The quantitative estimate of drug-likeness (QED) is 0.761. The van der Waals surface area contributed by atoms with Crippen LogP contribution in [0.2, 0.25) is 0 Å². The van der Waals surface area contributed by atoms with Crippen LogP contribution in [0.25, 0.3) is 12.2 Å². The van der Waals surface area contributed by atoms with Crippen LogP contribution in [0, 0.1) is 5.92 Å². The third kappa shape index (κ3) is 5.31. The third-order valence-corrected chi connectivity index (χ3v) is 4.57. The number of thioether (sulfide) groups is 1. The van der Waals surface area contributed by atoms with Crippen LogP contribution in [0.1, 0.15) is 31.5 Å². The Balaban J connectivity index is 1.87. The van der Waals surface area contributed by atoms with Crippen LogP contribution < -0.4 is 5.32 Å². The number of H-pyrrole nitrogens is 1. The van der Waals surface area contributed by atoms with Gasteiger partial charge in [0, 0.05) is 11.4 Å². The van der Waals surface area contributed by atoms with Crippen molar-refractivity contribution in [2.75, 3.05) is 6.54 Å². The van der Waals surface area contributed by atoms with E-state index in [1.54, 1.807) is 11.3 Å². The van der Waals surface area contributed by atoms with Crippen molar-refractivity contribution < 1.29 is 4.79 Å². The molecule has 0 radical (unpaired) electrons. The molecular formula is C15H20N4OS2. The standard InChI is InChI=1S/C15H20N4OS2/c1-10(2)9-16-14(20)11(3)22-15-17-13(18-19-15)7-6-12-5-4-8-21-12/h4-8,10-11H,9H2,1-3H3,(H,16,20)(H,17,18,19)/b7-6+. The van der Waals surface area contributed by atoms with Crippen LogP contribution in [-0.4, -0.2) is 32.9 Å². The molecule has 2 heterocycles. The van der Waals surface area contributed by atoms with Gasteiger partial charge in [-0.25, -0.2) is 4.98 Å². The molecule has 2 aromatic heterocycles. The van der Waals surface area contributed by atoms with Crippen molar-refractivity contribution in [3.05, 3.63) is 28.2 Å². The van der Waals surface area contributed by atoms with Gasteiger partial charge in [-0.05, 0) is 36.4 Å². The molecule has 1 unspecified atom stereocenters. The van der Waals surface area contributed by atoms with Gasteiger partial charge in [0.05, 0.1) is 5.25 Å². The second-order valence-corrected chi connectivity index (χ2v) is 7.54. The fraction of sp³-hybridized carbons (Fsp3) is 0.400. The summed E-state index contributed by atoms with van der Waals surface area (Å²) in [6.07, 6.45) is 3.87. The molecule has 2 rings (SSSR count). The van der Waals surface area contributed by atoms with Crippen molar-refractivity contribution in [1.82, 2.24) is 20.5 Å². The van der Waals surface area contributed by atoms with Crippen LogP contribution in [0.3, 0.4) is 0 Å². The summed E-state index contributed by atoms with van der Waals surface area (Å²) in [7, 11) is 0. The zero-order valence-corrected chi connectivity index (χ0v) is 14.5. The van der Waals surface area contributed by atoms with Gasteiger partial charge in [-0.3, -0.25) is 9.89 Å². The Morgan fingerprint density at radius 3 is 2.95 bits per heavy atom. The van der Waals surface area contributed by atoms with Crippen molar-refractivity contribution in [2.24, 2.45) is 5.92 Å². The van der Waals surface area contributed by atoms with E-state index in [9.17, 15) is 4.79 Å². The average Bonchev–Trinajstić information content (AvgIpc) is 3.13. The third-order valence-electron chi connectivity index (χ3n) is 2.77. The molecule has 1 amide bonds. The van der Waals surface area contributed by atoms with E-state index in [1.165, 1.54) is 11.8 Å². The molecule has 22 heavy (non-hydrogen) atoms. The largest absolute Gasteiger partial charge is 0.355 e. The van der Waals surface area contributed by atoms with Gasteiger partial charge in [-0.1, -0.05) is 31.7 Å². The molecule has 0 saturated heterocycles. The van der Waals surface area contributed by atoms with Crippen LogP contribution in [0.4, 0.5) is 0 Å². The number of aromatic nitrogens is 3. The molecule has 0 fully saturated rings. The maximum Gasteiger partial charge on any atom is 0.233 e. The predicted molar refractivity (Wildman–Crippen MR) is 92.8 cm³/mol. The minimum absolute atomic E-state index is 0.0131. The van der Waals surface area contributed by atoms with Gasteiger partial charge < -0.3 is 5.32 Å². The molecule has 118 valence electrons. The highest BCUT2D eigenvalue weighted by Crippen LogP contribution is 2.20. The smallest absolute Gasteiger partial charge is 0.233 e. The Morgan fingerprint density at radius 2 is 2.27 bits per heavy atom. The number of thiophene rings is 1. The first-order valence-corrected chi connectivity index (χ1v) is 8.89. The lowest BCUT2D eigenvalue weighted by molar-refractivity contribution is -0.120. The van der Waals surface area contributed by atoms with Gasteiger partial charge in [-0.15, -0.1) is 16.4 Å². The number of hydrogen-bond donors (Lipinski definition) is 2. The molecule has 1 atom stereocenters. The highest BCUT2D eigenvalue weighted by molar-refractivity contribution is 8.00. The predicted octanol–water partition coefficient (Wildman–Crippen LogP) is 3.29. The highest BCUT2D eigenvalue weighted by atomic mass is 32.2. The lowest BCUT2D eigenvalue weighted by Gasteiger charge is -2.11. The van der Waals surface area contributed by atoms with E-state index in [2.05, 4.69) is 34.3 Å². The zero-order valence-electron chi connectivity index (χ0n) is 12.9. The van der Waals surface area contributed by atoms with Crippen LogP contribution in [-0.2, 0) is 4.79 Å². The minimum atomic E-state index is -0.219. The van der Waals surface area contributed by atoms with Gasteiger partial charge in [0.2, 0.25) is 11.1 Å². The van der Waals surface area contributed by atoms with E-state index in [0.717, 1.165) is 4.88 Å². The molecule has 0 aliphatic carbocycles. The Hall–Kier alpha value is -1.60. The molecule has 7 heteroatoms. The molecule has 5 nitrogen and oxygen atoms in total. The fourth-order valence-electron chi connectivity index (χ4n) is 1.59. The number of amides is 1. The summed E-state index contributed by atoms with van der Waals surface area (Å²) in [6, 6.07) is 4.04. The number of rotatable bonds is 7. The van der Waals surface area contributed by atoms with Crippen LogP contribution in [0.15, 0.2) is 22.7 Å². The molecule has 2 aromatic rings. The van der Waals surface area contributed by atoms with E-state index in [-0.39, 0.29) is 11.2 Å². The van der Waals surface area contributed by atoms with Crippen molar-refractivity contribution in [1.29, 1.82) is 0 Å². The number of nitrogens with one attached hydrogen (secondary N) is 2. The number of nitrogens with zero attached hydrogens (tertiary/aromatic N) is 2. The van der Waals surface area contributed by atoms with E-state index >= 15 is 0 Å². The first kappa shape index (κ1) is 16.8. The van der Waals surface area contributed by atoms with Crippen molar-refractivity contribution >= 4 is 41.2 Å². The normalized spacial score (nSPS) is 12.9. The maximum absolute atomic E-state index is 11.9. The highest BCUT2D eigenvalue weighted by Gasteiger charge is 2.16. The summed E-state index contributed by atoms with van der Waals surface area (Å²) in [5, 5.41) is 12.3. The fourth-order valence-corrected chi connectivity index (χ4v) is 2.97. The van der Waals surface area contributed by atoms with Crippen molar-refractivity contribution in [2.45, 2.75) is 31.2 Å². The van der Waals surface area contributed by atoms with Crippen LogP contribution >= 0.6 is 23.1 Å². The number of aromatic amines is 1. The summed E-state index contributed by atoms with van der Waals surface area (Å²) in [6.45, 7) is 6.68. The molecule has 0 bridgehead atoms. The lowest BCUT2D eigenvalue weighted by Crippen LogP contribution is -2.33. The summed E-state index contributed by atoms with van der Waals surface area (Å²) in [5.74, 6) is 1.14. The summed E-state index contributed by atoms with van der Waals surface area (Å²) in [4.78, 5) is 17.5. The Morgan fingerprint density at radius 1 is 1.45 bits per heavy atom. The SMILES string of the molecule is CC(C)CNC(=O)C(C)Sc1n[nH]c(/C=C/c2cccs2)n1. The second kappa shape index (κ2) is 8.14. The van der Waals surface area contributed by atoms with E-state index < -0.39 is 0 Å². The van der Waals surface area contributed by atoms with Gasteiger partial charge in [0.15, 0.2) is 0 Å².